The van der Waals surface area contributed by atoms with Crippen LogP contribution >= 0.6 is 56.8 Å². The van der Waals surface area contributed by atoms with Crippen molar-refractivity contribution in [1.29, 1.82) is 0 Å². The maximum Gasteiger partial charge on any atom is 0.507 e. The smallest absolute Gasteiger partial charge is 0.299 e. The zero-order valence-corrected chi connectivity index (χ0v) is 22.3. The Morgan fingerprint density at radius 1 is 0.412 bits per heavy atom. The summed E-state index contributed by atoms with van der Waals surface area (Å²) in [5.41, 5.74) is 0. The Labute approximate surface area is 187 Å². The Morgan fingerprint density at radius 2 is 0.412 bits per heavy atom. The fourth-order valence-corrected chi connectivity index (χ4v) is 0. The zero-order valence-electron chi connectivity index (χ0n) is 15.8. The van der Waals surface area contributed by atoms with Crippen LogP contribution < -0.4 is 0 Å². The number of rotatable bonds is 0. The van der Waals surface area contributed by atoms with Crippen LogP contribution in [-0.2, 0) is 27.4 Å². The molecule has 12 N–H and O–H groups in total. The second-order valence-electron chi connectivity index (χ2n) is 3.80. The average Bonchev–Trinajstić information content (AvgIpc) is 2.08. The van der Waals surface area contributed by atoms with E-state index in [9.17, 15) is 25.2 Å². The van der Waals surface area contributed by atoms with E-state index in [4.69, 9.17) is 86.1 Å². The Morgan fingerprint density at radius 3 is 0.412 bits per heavy atom. The molecule has 0 fully saturated rings. The summed E-state index contributed by atoms with van der Waals surface area (Å²) in [5, 5.41) is 0. The first kappa shape index (κ1) is 51.5. The standard InChI is InChI=1S/C2H8NP.6FH2O3P/c1-3(2)4;6*1-5(2,3)4/h4H2,1-2H3;6*(H2,2,3,4). The molecular weight excluding hydrogens is 657 g/mol. The van der Waals surface area contributed by atoms with Crippen LogP contribution in [0.5, 0.6) is 0 Å². The Kier molecular flexibility index (Phi) is 34.9. The van der Waals surface area contributed by atoms with Crippen molar-refractivity contribution in [3.8, 4) is 0 Å². The molecule has 0 aromatic rings. The third-order valence-electron chi connectivity index (χ3n) is 0. The summed E-state index contributed by atoms with van der Waals surface area (Å²) in [7, 11) is -24.4. The van der Waals surface area contributed by atoms with Crippen molar-refractivity contribution >= 4 is 56.8 Å². The molecule has 0 spiro atoms. The van der Waals surface area contributed by atoms with Crippen LogP contribution in [0.1, 0.15) is 0 Å². The van der Waals surface area contributed by atoms with Gasteiger partial charge in [0.05, 0.1) is 0 Å². The summed E-state index contributed by atoms with van der Waals surface area (Å²) in [6.07, 6.45) is 0. The van der Waals surface area contributed by atoms with Crippen LogP contribution in [-0.4, -0.2) is 77.5 Å². The third kappa shape index (κ3) is 44100. The molecule has 0 bridgehead atoms. The van der Waals surface area contributed by atoms with Crippen molar-refractivity contribution in [3.63, 3.8) is 0 Å². The van der Waals surface area contributed by atoms with E-state index in [-0.39, 0.29) is 0 Å². The Hall–Kier alpha value is 0.870. The van der Waals surface area contributed by atoms with Gasteiger partial charge < -0.3 is 0 Å². The van der Waals surface area contributed by atoms with Crippen molar-refractivity contribution in [2.45, 2.75) is 0 Å². The number of halogens is 6. The van der Waals surface area contributed by atoms with Crippen LogP contribution in [0, 0.1) is 0 Å². The van der Waals surface area contributed by atoms with Gasteiger partial charge in [-0.05, 0) is 14.1 Å². The summed E-state index contributed by atoms with van der Waals surface area (Å²) in [6.45, 7) is 0. The largest absolute Gasteiger partial charge is 0.507 e. The summed E-state index contributed by atoms with van der Waals surface area (Å²) in [6, 6.07) is 0. The van der Waals surface area contributed by atoms with Gasteiger partial charge in [0.15, 0.2) is 0 Å². The highest BCUT2D eigenvalue weighted by molar-refractivity contribution is 7.46. The summed E-state index contributed by atoms with van der Waals surface area (Å²) in [5.74, 6) is 0. The Bertz CT molecular complexity index is 532. The minimum atomic E-state index is -5.14. The van der Waals surface area contributed by atoms with Gasteiger partial charge in [-0.3, -0.25) is 63.4 Å². The predicted octanol–water partition coefficient (Wildman–Crippen LogP) is 0.630. The minimum absolute atomic E-state index is 1.92. The molecule has 0 rings (SSSR count). The number of nitrogens with zero attached hydrogens (tertiary/aromatic N) is 1. The highest BCUT2D eigenvalue weighted by Crippen LogP contribution is 2.37. The fraction of sp³-hybridized carbons (Fsp3) is 1.00. The fourth-order valence-electron chi connectivity index (χ4n) is 0. The first-order valence-corrected chi connectivity index (χ1v) is 15.2. The predicted molar refractivity (Wildman–Crippen MR) is 102 cm³/mol. The zero-order chi connectivity index (χ0) is 30.6. The molecule has 0 aliphatic rings. The number of hydrogen-bond acceptors (Lipinski definition) is 7. The molecule has 1 atom stereocenters. The molecular formula is C2H20F6NO18P7. The maximum atomic E-state index is 10.4. The molecule has 0 aliphatic carbocycles. The molecule has 0 saturated carbocycles. The lowest BCUT2D eigenvalue weighted by Crippen LogP contribution is -1.88. The van der Waals surface area contributed by atoms with Gasteiger partial charge >= 0.3 is 47.4 Å². The summed E-state index contributed by atoms with van der Waals surface area (Å²) < 4.78 is 116. The Balaban J connectivity index is -0.0000000501. The molecule has 1 unspecified atom stereocenters. The van der Waals surface area contributed by atoms with E-state index in [1.54, 1.807) is 0 Å². The van der Waals surface area contributed by atoms with E-state index in [1.807, 2.05) is 18.8 Å². The van der Waals surface area contributed by atoms with E-state index in [0.717, 1.165) is 0 Å². The summed E-state index contributed by atoms with van der Waals surface area (Å²) >= 11 is 0. The van der Waals surface area contributed by atoms with Gasteiger partial charge in [0.2, 0.25) is 0 Å². The van der Waals surface area contributed by atoms with Gasteiger partial charge in [0.1, 0.15) is 0 Å². The molecule has 218 valence electrons. The van der Waals surface area contributed by atoms with E-state index in [0.29, 0.717) is 0 Å². The normalized spacial score (nSPS) is 11.5. The van der Waals surface area contributed by atoms with Crippen LogP contribution in [0.3, 0.4) is 0 Å². The van der Waals surface area contributed by atoms with Gasteiger partial charge in [-0.1, -0.05) is 9.39 Å². The summed E-state index contributed by atoms with van der Waals surface area (Å²) in [4.78, 5) is 83.6. The van der Waals surface area contributed by atoms with E-state index in [2.05, 4.69) is 9.39 Å². The molecule has 0 aromatic carbocycles. The van der Waals surface area contributed by atoms with Gasteiger partial charge in [-0.15, -0.1) is 25.2 Å². The topological polar surface area (TPSA) is 348 Å². The molecule has 0 amide bonds. The molecule has 34 heavy (non-hydrogen) atoms. The van der Waals surface area contributed by atoms with Gasteiger partial charge in [-0.2, -0.15) is 0 Å². The lowest BCUT2D eigenvalue weighted by Gasteiger charge is -1.90. The maximum absolute atomic E-state index is 10.4. The van der Waals surface area contributed by atoms with Crippen LogP contribution in [0.2, 0.25) is 0 Å². The molecule has 0 aliphatic heterocycles. The highest BCUT2D eigenvalue weighted by Gasteiger charge is 2.06. The lowest BCUT2D eigenvalue weighted by atomic mass is 11.3. The van der Waals surface area contributed by atoms with E-state index < -0.39 is 47.4 Å². The highest BCUT2D eigenvalue weighted by atomic mass is 31.2. The second kappa shape index (κ2) is 23.0. The van der Waals surface area contributed by atoms with E-state index >= 15 is 0 Å². The molecule has 0 saturated heterocycles. The third-order valence-corrected chi connectivity index (χ3v) is 0. The average molecular weight is 677 g/mol. The van der Waals surface area contributed by atoms with Crippen molar-refractivity contribution < 1.29 is 111 Å². The molecule has 0 radical (unpaired) electrons. The second-order valence-corrected chi connectivity index (χ2v) is 10.5. The van der Waals surface area contributed by atoms with E-state index in [1.165, 1.54) is 0 Å². The van der Waals surface area contributed by atoms with Gasteiger partial charge in [-0.25, -0.2) is 27.4 Å². The monoisotopic (exact) mass is 677 g/mol. The first-order chi connectivity index (χ1) is 13.7. The molecule has 19 nitrogen and oxygen atoms in total. The van der Waals surface area contributed by atoms with Crippen LogP contribution in [0.15, 0.2) is 0 Å². The molecule has 0 heterocycles. The minimum Gasteiger partial charge on any atom is -0.299 e. The lowest BCUT2D eigenvalue weighted by molar-refractivity contribution is 0.320. The van der Waals surface area contributed by atoms with Crippen molar-refractivity contribution in [2.75, 3.05) is 14.1 Å². The van der Waals surface area contributed by atoms with Crippen molar-refractivity contribution in [3.05, 3.63) is 0 Å². The van der Waals surface area contributed by atoms with Gasteiger partial charge in [0, 0.05) is 0 Å². The van der Waals surface area contributed by atoms with Gasteiger partial charge in [0.25, 0.3) is 0 Å². The van der Waals surface area contributed by atoms with Crippen LogP contribution in [0.25, 0.3) is 0 Å². The quantitative estimate of drug-likeness (QED) is 0.123. The number of hydrogen-bond donors (Lipinski definition) is 12. The molecule has 0 aromatic heterocycles. The van der Waals surface area contributed by atoms with Crippen LogP contribution in [0.4, 0.5) is 25.2 Å². The van der Waals surface area contributed by atoms with Crippen molar-refractivity contribution in [2.24, 2.45) is 0 Å². The first-order valence-electron chi connectivity index (χ1n) is 5.66. The molecule has 32 heteroatoms. The SMILES string of the molecule is CN(C)P.O=P(O)(O)F.O=P(O)(O)F.O=P(O)(O)F.O=P(O)(O)F.O=P(O)(O)F.O=P(O)(O)F. The van der Waals surface area contributed by atoms with Crippen molar-refractivity contribution in [1.82, 2.24) is 4.67 Å².